The van der Waals surface area contributed by atoms with Crippen LogP contribution in [0.3, 0.4) is 0 Å². The largest absolute Gasteiger partial charge is 0.497 e. The third kappa shape index (κ3) is 5.50. The molecule has 0 unspecified atom stereocenters. The van der Waals surface area contributed by atoms with Crippen molar-refractivity contribution >= 4 is 21.7 Å². The van der Waals surface area contributed by atoms with E-state index in [4.69, 9.17) is 14.1 Å². The molecule has 1 heterocycles. The summed E-state index contributed by atoms with van der Waals surface area (Å²) in [7, 11) is -2.51. The molecule has 0 spiro atoms. The Balaban J connectivity index is 1.77. The number of hydrogen-bond acceptors (Lipinski definition) is 6. The lowest BCUT2D eigenvalue weighted by Gasteiger charge is -2.13. The van der Waals surface area contributed by atoms with Gasteiger partial charge >= 0.3 is 6.01 Å². The van der Waals surface area contributed by atoms with E-state index in [-0.39, 0.29) is 16.5 Å². The first-order chi connectivity index (χ1) is 18.4. The van der Waals surface area contributed by atoms with Crippen LogP contribution in [-0.2, 0) is 10.0 Å². The Hall–Kier alpha value is -4.69. The topological polar surface area (TPSA) is 93.8 Å². The van der Waals surface area contributed by atoms with Gasteiger partial charge in [0.15, 0.2) is 0 Å². The monoisotopic (exact) mass is 523 g/mol. The minimum absolute atomic E-state index is 0.0695. The van der Waals surface area contributed by atoms with E-state index in [1.807, 2.05) is 79.7 Å². The van der Waals surface area contributed by atoms with Crippen molar-refractivity contribution in [3.8, 4) is 28.1 Å². The molecule has 0 aliphatic heterocycles. The van der Waals surface area contributed by atoms with E-state index >= 15 is 0 Å². The van der Waals surface area contributed by atoms with Crippen molar-refractivity contribution in [2.45, 2.75) is 11.8 Å². The van der Waals surface area contributed by atoms with E-state index in [1.165, 1.54) is 12.1 Å². The molecule has 0 saturated heterocycles. The van der Waals surface area contributed by atoms with Gasteiger partial charge in [-0.3, -0.25) is 0 Å². The molecule has 1 aromatic heterocycles. The van der Waals surface area contributed by atoms with Gasteiger partial charge in [-0.05, 0) is 48.9 Å². The van der Waals surface area contributed by atoms with E-state index < -0.39 is 10.0 Å². The molecule has 5 rings (SSSR count). The second kappa shape index (κ2) is 10.7. The zero-order valence-electron chi connectivity index (χ0n) is 20.8. The predicted octanol–water partition coefficient (Wildman–Crippen LogP) is 6.36. The molecule has 0 atom stereocenters. The third-order valence-electron chi connectivity index (χ3n) is 5.83. The van der Waals surface area contributed by atoms with Gasteiger partial charge in [0.1, 0.15) is 5.75 Å². The first-order valence-electron chi connectivity index (χ1n) is 11.9. The lowest BCUT2D eigenvalue weighted by atomic mass is 10.0. The zero-order valence-corrected chi connectivity index (χ0v) is 21.6. The van der Waals surface area contributed by atoms with E-state index in [0.717, 1.165) is 16.7 Å². The molecule has 0 amide bonds. The molecule has 5 aromatic rings. The second-order valence-corrected chi connectivity index (χ2v) is 10.1. The molecule has 38 heavy (non-hydrogen) atoms. The third-order valence-corrected chi connectivity index (χ3v) is 7.10. The Kier molecular flexibility index (Phi) is 7.06. The van der Waals surface area contributed by atoms with Gasteiger partial charge in [0.05, 0.1) is 23.3 Å². The number of benzene rings is 4. The number of nitrogens with zero attached hydrogens (tertiary/aromatic N) is 2. The van der Waals surface area contributed by atoms with Crippen molar-refractivity contribution in [2.24, 2.45) is 4.40 Å². The fraction of sp³-hybridized carbons (Fsp3) is 0.0667. The quantitative estimate of drug-likeness (QED) is 0.267. The summed E-state index contributed by atoms with van der Waals surface area (Å²) in [6.07, 6.45) is 0. The van der Waals surface area contributed by atoms with E-state index in [1.54, 1.807) is 31.4 Å². The molecule has 0 fully saturated rings. The summed E-state index contributed by atoms with van der Waals surface area (Å²) in [5.41, 5.74) is 4.03. The number of ether oxygens (including phenoxy) is 1. The highest BCUT2D eigenvalue weighted by molar-refractivity contribution is 7.90. The number of rotatable bonds is 7. The van der Waals surface area contributed by atoms with Gasteiger partial charge < -0.3 is 14.5 Å². The Morgan fingerprint density at radius 3 is 2.00 bits per heavy atom. The van der Waals surface area contributed by atoms with Crippen LogP contribution in [0.4, 0.5) is 11.7 Å². The maximum atomic E-state index is 13.4. The summed E-state index contributed by atoms with van der Waals surface area (Å²) >= 11 is 0. The fourth-order valence-corrected chi connectivity index (χ4v) is 4.81. The molecular formula is C30H25N3O4S. The minimum Gasteiger partial charge on any atom is -0.497 e. The van der Waals surface area contributed by atoms with Crippen molar-refractivity contribution in [3.63, 3.8) is 0 Å². The first kappa shape index (κ1) is 25.0. The molecule has 8 heteroatoms. The van der Waals surface area contributed by atoms with Gasteiger partial charge in [0, 0.05) is 11.3 Å². The van der Waals surface area contributed by atoms with Crippen LogP contribution in [0, 0.1) is 6.92 Å². The van der Waals surface area contributed by atoms with Gasteiger partial charge in [-0.15, -0.1) is 4.40 Å². The van der Waals surface area contributed by atoms with Gasteiger partial charge in [0.2, 0.25) is 5.55 Å². The van der Waals surface area contributed by atoms with Crippen molar-refractivity contribution in [2.75, 3.05) is 12.4 Å². The van der Waals surface area contributed by atoms with Crippen molar-refractivity contribution < 1.29 is 17.6 Å². The summed E-state index contributed by atoms with van der Waals surface area (Å²) in [4.78, 5) is 4.84. The van der Waals surface area contributed by atoms with Crippen molar-refractivity contribution in [1.29, 1.82) is 0 Å². The number of hydrogen-bond donors (Lipinski definition) is 1. The molecule has 0 bridgehead atoms. The van der Waals surface area contributed by atoms with Gasteiger partial charge in [-0.25, -0.2) is 0 Å². The standard InChI is InChI=1S/C30H25N3O4S/c1-21-13-19-26(20-14-21)38(34,35)33-29-27(22-9-5-3-6-10-22)28(23-11-7-4-8-12-23)32-30(37-29)31-24-15-17-25(36-2)18-16-24/h3-20H,1-2H3,(H,31,32)/b33-29-. The van der Waals surface area contributed by atoms with Crippen LogP contribution < -0.4 is 15.6 Å². The predicted molar refractivity (Wildman–Crippen MR) is 148 cm³/mol. The highest BCUT2D eigenvalue weighted by Crippen LogP contribution is 2.30. The van der Waals surface area contributed by atoms with Gasteiger partial charge in [-0.1, -0.05) is 78.4 Å². The Bertz CT molecular complexity index is 1720. The van der Waals surface area contributed by atoms with E-state index in [9.17, 15) is 8.42 Å². The number of sulfonamides is 1. The minimum atomic E-state index is -4.10. The smallest absolute Gasteiger partial charge is 0.301 e. The van der Waals surface area contributed by atoms with Crippen LogP contribution in [0.2, 0.25) is 0 Å². The molecule has 0 aliphatic rings. The van der Waals surface area contributed by atoms with Crippen LogP contribution in [0.5, 0.6) is 5.75 Å². The SMILES string of the molecule is COc1ccc(Nc2nc(-c3ccccc3)c(-c3ccccc3)/c(=N/S(=O)(=O)c3ccc(C)cc3)o2)cc1. The Labute approximate surface area is 221 Å². The molecule has 7 nitrogen and oxygen atoms in total. The van der Waals surface area contributed by atoms with E-state index in [2.05, 4.69) is 9.71 Å². The summed E-state index contributed by atoms with van der Waals surface area (Å²) in [5.74, 6) is 0.699. The number of anilines is 2. The van der Waals surface area contributed by atoms with Crippen LogP contribution in [-0.4, -0.2) is 20.5 Å². The van der Waals surface area contributed by atoms with Gasteiger partial charge in [0.25, 0.3) is 10.0 Å². The molecule has 0 aliphatic carbocycles. The highest BCUT2D eigenvalue weighted by Gasteiger charge is 2.20. The molecule has 0 radical (unpaired) electrons. The number of aryl methyl sites for hydroxylation is 1. The van der Waals surface area contributed by atoms with Gasteiger partial charge in [-0.2, -0.15) is 13.4 Å². The van der Waals surface area contributed by atoms with Crippen LogP contribution in [0.1, 0.15) is 5.56 Å². The highest BCUT2D eigenvalue weighted by atomic mass is 32.2. The van der Waals surface area contributed by atoms with Crippen molar-refractivity contribution in [1.82, 2.24) is 4.98 Å². The maximum absolute atomic E-state index is 13.4. The number of methoxy groups -OCH3 is 1. The first-order valence-corrected chi connectivity index (χ1v) is 13.3. The van der Waals surface area contributed by atoms with Crippen LogP contribution >= 0.6 is 0 Å². The molecule has 0 saturated carbocycles. The van der Waals surface area contributed by atoms with Crippen molar-refractivity contribution in [3.05, 3.63) is 120 Å². The summed E-state index contributed by atoms with van der Waals surface area (Å²) in [6.45, 7) is 1.89. The number of aromatic nitrogens is 1. The normalized spacial score (nSPS) is 11.8. The molecule has 190 valence electrons. The molecular weight excluding hydrogens is 498 g/mol. The second-order valence-electron chi connectivity index (χ2n) is 8.51. The zero-order chi connectivity index (χ0) is 26.5. The lowest BCUT2D eigenvalue weighted by Crippen LogP contribution is -2.15. The summed E-state index contributed by atoms with van der Waals surface area (Å²) in [6, 6.07) is 32.7. The van der Waals surface area contributed by atoms with Crippen LogP contribution in [0.25, 0.3) is 22.4 Å². The lowest BCUT2D eigenvalue weighted by molar-refractivity contribution is 0.415. The molecule has 1 N–H and O–H groups in total. The Morgan fingerprint density at radius 2 is 1.39 bits per heavy atom. The summed E-state index contributed by atoms with van der Waals surface area (Å²) < 4.78 is 42.3. The average Bonchev–Trinajstić information content (AvgIpc) is 2.94. The van der Waals surface area contributed by atoms with E-state index in [0.29, 0.717) is 22.7 Å². The fourth-order valence-electron chi connectivity index (χ4n) is 3.88. The number of nitrogens with one attached hydrogen (secondary N) is 1. The maximum Gasteiger partial charge on any atom is 0.301 e. The van der Waals surface area contributed by atoms with Crippen LogP contribution in [0.15, 0.2) is 123 Å². The molecule has 4 aromatic carbocycles. The summed E-state index contributed by atoms with van der Waals surface area (Å²) in [5, 5.41) is 3.13. The Morgan fingerprint density at radius 1 is 0.789 bits per heavy atom. The average molecular weight is 524 g/mol.